The Labute approximate surface area is 97.8 Å². The monoisotopic (exact) mass is 212 g/mol. The summed E-state index contributed by atoms with van der Waals surface area (Å²) in [5.74, 6) is 3.95. The predicted molar refractivity (Wildman–Crippen MR) is 71.1 cm³/mol. The van der Waals surface area contributed by atoms with Crippen molar-refractivity contribution in [1.29, 1.82) is 0 Å². The summed E-state index contributed by atoms with van der Waals surface area (Å²) < 4.78 is 0. The minimum absolute atomic E-state index is 0.913. The van der Waals surface area contributed by atoms with Gasteiger partial charge in [0.05, 0.1) is 0 Å². The van der Waals surface area contributed by atoms with Gasteiger partial charge in [-0.15, -0.1) is 0 Å². The van der Waals surface area contributed by atoms with Crippen molar-refractivity contribution >= 4 is 0 Å². The van der Waals surface area contributed by atoms with E-state index in [2.05, 4.69) is 27.7 Å². The first-order valence-corrected chi connectivity index (χ1v) is 7.15. The first-order chi connectivity index (χ1) is 7.15. The van der Waals surface area contributed by atoms with Crippen molar-refractivity contribution in [3.05, 3.63) is 0 Å². The largest absolute Gasteiger partial charge is 0.0683 e. The summed E-state index contributed by atoms with van der Waals surface area (Å²) in [5, 5.41) is 0. The zero-order chi connectivity index (χ0) is 11.8. The molecule has 0 N–H and O–H groups in total. The van der Waals surface area contributed by atoms with Crippen LogP contribution < -0.4 is 0 Å². The van der Waals surface area contributed by atoms with E-state index in [0.717, 1.165) is 23.7 Å². The van der Waals surface area contributed by atoms with Gasteiger partial charge < -0.3 is 0 Å². The lowest BCUT2D eigenvalue weighted by atomic mass is 9.81. The van der Waals surface area contributed by atoms with E-state index < -0.39 is 0 Å². The van der Waals surface area contributed by atoms with E-state index in [9.17, 15) is 0 Å². The standard InChI is InChI=1S/C13H26.C2H6/c1-5-11(4)9-12-7-6-8-13(12)10(2)3;1-2/h10-13H,5-9H2,1-4H3;1-2H3. The van der Waals surface area contributed by atoms with Gasteiger partial charge in [-0.25, -0.2) is 0 Å². The summed E-state index contributed by atoms with van der Waals surface area (Å²) in [6.45, 7) is 13.5. The average molecular weight is 212 g/mol. The number of rotatable bonds is 4. The second-order valence-corrected chi connectivity index (χ2v) is 5.35. The lowest BCUT2D eigenvalue weighted by Crippen LogP contribution is -2.16. The fourth-order valence-electron chi connectivity index (χ4n) is 2.92. The zero-order valence-electron chi connectivity index (χ0n) is 11.8. The van der Waals surface area contributed by atoms with Crippen molar-refractivity contribution in [2.75, 3.05) is 0 Å². The molecule has 1 fully saturated rings. The Morgan fingerprint density at radius 2 is 1.67 bits per heavy atom. The summed E-state index contributed by atoms with van der Waals surface area (Å²) in [6.07, 6.45) is 7.34. The number of hydrogen-bond donors (Lipinski definition) is 0. The molecule has 0 nitrogen and oxygen atoms in total. The van der Waals surface area contributed by atoms with Crippen LogP contribution in [0.15, 0.2) is 0 Å². The molecule has 0 aromatic heterocycles. The van der Waals surface area contributed by atoms with Crippen LogP contribution in [0.5, 0.6) is 0 Å². The van der Waals surface area contributed by atoms with E-state index in [1.54, 1.807) is 0 Å². The molecule has 1 aliphatic rings. The van der Waals surface area contributed by atoms with Crippen molar-refractivity contribution in [2.45, 2.75) is 73.6 Å². The van der Waals surface area contributed by atoms with Gasteiger partial charge in [0.15, 0.2) is 0 Å². The second kappa shape index (κ2) is 8.19. The Morgan fingerprint density at radius 3 is 2.13 bits per heavy atom. The third-order valence-corrected chi connectivity index (χ3v) is 3.98. The molecule has 3 unspecified atom stereocenters. The summed E-state index contributed by atoms with van der Waals surface area (Å²) in [4.78, 5) is 0. The van der Waals surface area contributed by atoms with Gasteiger partial charge in [0.25, 0.3) is 0 Å². The third-order valence-electron chi connectivity index (χ3n) is 3.98. The van der Waals surface area contributed by atoms with Crippen LogP contribution in [0.2, 0.25) is 0 Å². The molecular formula is C15H32. The van der Waals surface area contributed by atoms with Crippen LogP contribution in [0.3, 0.4) is 0 Å². The molecule has 0 bridgehead atoms. The van der Waals surface area contributed by atoms with Crippen LogP contribution >= 0.6 is 0 Å². The van der Waals surface area contributed by atoms with Gasteiger partial charge in [0, 0.05) is 0 Å². The molecule has 0 aromatic carbocycles. The average Bonchev–Trinajstić information content (AvgIpc) is 2.69. The van der Waals surface area contributed by atoms with Crippen LogP contribution in [0.4, 0.5) is 0 Å². The third kappa shape index (κ3) is 5.04. The van der Waals surface area contributed by atoms with Crippen LogP contribution in [0.1, 0.15) is 73.6 Å². The minimum Gasteiger partial charge on any atom is -0.0683 e. The highest BCUT2D eigenvalue weighted by molar-refractivity contribution is 4.80. The van der Waals surface area contributed by atoms with Crippen LogP contribution in [-0.2, 0) is 0 Å². The van der Waals surface area contributed by atoms with Crippen molar-refractivity contribution in [1.82, 2.24) is 0 Å². The maximum Gasteiger partial charge on any atom is -0.0363 e. The molecule has 1 saturated carbocycles. The van der Waals surface area contributed by atoms with E-state index in [0.29, 0.717) is 0 Å². The van der Waals surface area contributed by atoms with Crippen LogP contribution in [0, 0.1) is 23.7 Å². The van der Waals surface area contributed by atoms with Gasteiger partial charge in [0.1, 0.15) is 0 Å². The molecule has 92 valence electrons. The first kappa shape index (κ1) is 15.0. The lowest BCUT2D eigenvalue weighted by molar-refractivity contribution is 0.250. The van der Waals surface area contributed by atoms with Gasteiger partial charge >= 0.3 is 0 Å². The van der Waals surface area contributed by atoms with Gasteiger partial charge in [-0.3, -0.25) is 0 Å². The predicted octanol–water partition coefficient (Wildman–Crippen LogP) is 5.52. The molecular weight excluding hydrogens is 180 g/mol. The van der Waals surface area contributed by atoms with Crippen molar-refractivity contribution in [3.8, 4) is 0 Å². The summed E-state index contributed by atoms with van der Waals surface area (Å²) >= 11 is 0. The van der Waals surface area contributed by atoms with Crippen LogP contribution in [0.25, 0.3) is 0 Å². The van der Waals surface area contributed by atoms with Gasteiger partial charge in [0.2, 0.25) is 0 Å². The highest BCUT2D eigenvalue weighted by atomic mass is 14.3. The smallest absolute Gasteiger partial charge is 0.0363 e. The molecule has 0 aromatic rings. The first-order valence-electron chi connectivity index (χ1n) is 7.15. The SMILES string of the molecule is CC.CCC(C)CC1CCCC1C(C)C. The van der Waals surface area contributed by atoms with E-state index in [1.807, 2.05) is 13.8 Å². The molecule has 0 radical (unpaired) electrons. The van der Waals surface area contributed by atoms with Crippen molar-refractivity contribution in [3.63, 3.8) is 0 Å². The Kier molecular flexibility index (Phi) is 8.19. The van der Waals surface area contributed by atoms with Gasteiger partial charge in [-0.05, 0) is 36.5 Å². The molecule has 15 heavy (non-hydrogen) atoms. The molecule has 1 rings (SSSR count). The zero-order valence-corrected chi connectivity index (χ0v) is 11.8. The fraction of sp³-hybridized carbons (Fsp3) is 1.00. The molecule has 1 aliphatic carbocycles. The van der Waals surface area contributed by atoms with Gasteiger partial charge in [-0.2, -0.15) is 0 Å². The Hall–Kier alpha value is 0. The molecule has 0 heteroatoms. The number of hydrogen-bond acceptors (Lipinski definition) is 0. The topological polar surface area (TPSA) is 0 Å². The lowest BCUT2D eigenvalue weighted by Gasteiger charge is -2.25. The van der Waals surface area contributed by atoms with E-state index in [-0.39, 0.29) is 0 Å². The quantitative estimate of drug-likeness (QED) is 0.575. The molecule has 0 heterocycles. The van der Waals surface area contributed by atoms with E-state index >= 15 is 0 Å². The fourth-order valence-corrected chi connectivity index (χ4v) is 2.92. The second-order valence-electron chi connectivity index (χ2n) is 5.35. The highest BCUT2D eigenvalue weighted by Gasteiger charge is 2.29. The molecule has 0 saturated heterocycles. The normalized spacial score (nSPS) is 27.4. The maximum atomic E-state index is 2.41. The van der Waals surface area contributed by atoms with Crippen molar-refractivity contribution < 1.29 is 0 Å². The minimum atomic E-state index is 0.913. The Balaban J connectivity index is 0.000000921. The summed E-state index contributed by atoms with van der Waals surface area (Å²) in [5.41, 5.74) is 0. The Bertz CT molecular complexity index is 137. The Morgan fingerprint density at radius 1 is 1.07 bits per heavy atom. The van der Waals surface area contributed by atoms with Crippen LogP contribution in [-0.4, -0.2) is 0 Å². The molecule has 0 amide bonds. The van der Waals surface area contributed by atoms with E-state index in [4.69, 9.17) is 0 Å². The summed E-state index contributed by atoms with van der Waals surface area (Å²) in [6, 6.07) is 0. The van der Waals surface area contributed by atoms with Crippen molar-refractivity contribution in [2.24, 2.45) is 23.7 Å². The highest BCUT2D eigenvalue weighted by Crippen LogP contribution is 2.40. The molecule has 0 aliphatic heterocycles. The summed E-state index contributed by atoms with van der Waals surface area (Å²) in [7, 11) is 0. The van der Waals surface area contributed by atoms with E-state index in [1.165, 1.54) is 32.1 Å². The maximum absolute atomic E-state index is 2.41. The molecule has 3 atom stereocenters. The molecule has 0 spiro atoms. The van der Waals surface area contributed by atoms with Gasteiger partial charge in [-0.1, -0.05) is 60.8 Å².